The number of quaternary nitrogens is 1. The number of hydrogen-bond acceptors (Lipinski definition) is 6. The molecule has 190 valence electrons. The molecule has 2 saturated carbocycles. The Hall–Kier alpha value is -2.81. The van der Waals surface area contributed by atoms with Crippen LogP contribution in [0, 0.1) is 11.1 Å². The summed E-state index contributed by atoms with van der Waals surface area (Å²) in [5.41, 5.74) is 0.591. The monoisotopic (exact) mass is 492 g/mol. The molecule has 36 heavy (non-hydrogen) atoms. The first-order valence-corrected chi connectivity index (χ1v) is 13.1. The number of carbonyl (C=O) groups is 1. The quantitative estimate of drug-likeness (QED) is 0.378. The summed E-state index contributed by atoms with van der Waals surface area (Å²) < 4.78 is 11.3. The first kappa shape index (κ1) is 22.4. The number of hydroxylamine groups is 3. The number of aromatic hydroxyl groups is 1. The largest absolute Gasteiger partial charge is 0.632 e. The molecule has 3 aliphatic carbocycles. The molecule has 1 amide bonds. The van der Waals surface area contributed by atoms with Crippen LogP contribution in [0.1, 0.15) is 48.8 Å². The normalized spacial score (nSPS) is 38.0. The SMILES string of the molecule is CN(C(=O)/C=C/c1ccoc1)[C@H]1CC[C@]2(O)[C@@H]3Cc4ccc(O)c5c4[C@]2(CC[N+]3([O-])CC2CC2)C1O5. The molecule has 8 heteroatoms. The Bertz CT molecular complexity index is 1250. The summed E-state index contributed by atoms with van der Waals surface area (Å²) in [4.78, 5) is 14.9. The molecule has 1 aromatic carbocycles. The van der Waals surface area contributed by atoms with E-state index in [9.17, 15) is 20.2 Å². The molecule has 7 rings (SSSR count). The highest BCUT2D eigenvalue weighted by atomic mass is 16.6. The summed E-state index contributed by atoms with van der Waals surface area (Å²) >= 11 is 0. The fraction of sp³-hybridized carbons (Fsp3) is 0.536. The topological polar surface area (TPSA) is 106 Å². The maximum absolute atomic E-state index is 14.3. The summed E-state index contributed by atoms with van der Waals surface area (Å²) in [6, 6.07) is 4.54. The van der Waals surface area contributed by atoms with Gasteiger partial charge in [-0.25, -0.2) is 0 Å². The Kier molecular flexibility index (Phi) is 4.58. The molecular weight excluding hydrogens is 460 g/mol. The number of aliphatic hydroxyl groups is 1. The van der Waals surface area contributed by atoms with E-state index >= 15 is 0 Å². The minimum atomic E-state index is -1.24. The number of carbonyl (C=O) groups excluding carboxylic acids is 1. The minimum Gasteiger partial charge on any atom is -0.632 e. The number of ether oxygens (including phenoxy) is 1. The predicted molar refractivity (Wildman–Crippen MR) is 131 cm³/mol. The highest BCUT2D eigenvalue weighted by Gasteiger charge is 2.76. The zero-order valence-electron chi connectivity index (χ0n) is 20.4. The van der Waals surface area contributed by atoms with Crippen molar-refractivity contribution in [2.75, 3.05) is 20.1 Å². The molecule has 1 aromatic heterocycles. The Morgan fingerprint density at radius 1 is 1.28 bits per heavy atom. The predicted octanol–water partition coefficient (Wildman–Crippen LogP) is 3.10. The van der Waals surface area contributed by atoms with Crippen molar-refractivity contribution in [2.24, 2.45) is 5.92 Å². The van der Waals surface area contributed by atoms with Crippen LogP contribution in [0.4, 0.5) is 0 Å². The van der Waals surface area contributed by atoms with E-state index < -0.39 is 23.2 Å². The third-order valence-corrected chi connectivity index (χ3v) is 9.83. The molecule has 2 bridgehead atoms. The van der Waals surface area contributed by atoms with Crippen LogP contribution in [0.15, 0.2) is 41.2 Å². The molecule has 5 aliphatic rings. The van der Waals surface area contributed by atoms with E-state index in [2.05, 4.69) is 0 Å². The van der Waals surface area contributed by atoms with Crippen molar-refractivity contribution in [3.8, 4) is 11.5 Å². The van der Waals surface area contributed by atoms with Crippen LogP contribution in [0.25, 0.3) is 6.08 Å². The van der Waals surface area contributed by atoms with Crippen LogP contribution in [0.3, 0.4) is 0 Å². The number of hydrogen-bond donors (Lipinski definition) is 2. The molecule has 2 unspecified atom stereocenters. The number of phenols is 1. The van der Waals surface area contributed by atoms with Gasteiger partial charge in [-0.05, 0) is 49.5 Å². The van der Waals surface area contributed by atoms with E-state index in [1.54, 1.807) is 42.7 Å². The Morgan fingerprint density at radius 3 is 2.86 bits per heavy atom. The van der Waals surface area contributed by atoms with Crippen LogP contribution in [0.5, 0.6) is 11.5 Å². The summed E-state index contributed by atoms with van der Waals surface area (Å²) in [6.07, 6.45) is 9.94. The van der Waals surface area contributed by atoms with Gasteiger partial charge in [0.25, 0.3) is 0 Å². The molecule has 1 saturated heterocycles. The molecule has 2 aromatic rings. The summed E-state index contributed by atoms with van der Waals surface area (Å²) in [6.45, 7) is 0.984. The fourth-order valence-corrected chi connectivity index (χ4v) is 7.95. The molecule has 8 nitrogen and oxygen atoms in total. The van der Waals surface area contributed by atoms with Crippen molar-refractivity contribution in [3.63, 3.8) is 0 Å². The molecule has 6 atom stereocenters. The molecule has 3 fully saturated rings. The second kappa shape index (κ2) is 7.37. The lowest BCUT2D eigenvalue weighted by Gasteiger charge is -2.68. The van der Waals surface area contributed by atoms with E-state index in [0.717, 1.165) is 29.5 Å². The maximum Gasteiger partial charge on any atom is 0.246 e. The maximum atomic E-state index is 14.3. The van der Waals surface area contributed by atoms with Crippen molar-refractivity contribution in [1.82, 2.24) is 4.90 Å². The van der Waals surface area contributed by atoms with Crippen molar-refractivity contribution >= 4 is 12.0 Å². The highest BCUT2D eigenvalue weighted by Crippen LogP contribution is 2.67. The Labute approximate surface area is 209 Å². The smallest absolute Gasteiger partial charge is 0.246 e. The van der Waals surface area contributed by atoms with Crippen LogP contribution >= 0.6 is 0 Å². The van der Waals surface area contributed by atoms with Crippen molar-refractivity contribution in [1.29, 1.82) is 0 Å². The van der Waals surface area contributed by atoms with Crippen LogP contribution < -0.4 is 4.74 Å². The lowest BCUT2D eigenvalue weighted by atomic mass is 9.48. The third kappa shape index (κ3) is 2.83. The van der Waals surface area contributed by atoms with Gasteiger partial charge in [0.1, 0.15) is 17.7 Å². The molecule has 2 aliphatic heterocycles. The molecule has 1 spiro atoms. The minimum absolute atomic E-state index is 0.0531. The average molecular weight is 493 g/mol. The number of piperidine rings is 1. The van der Waals surface area contributed by atoms with Crippen molar-refractivity contribution in [3.05, 3.63) is 58.7 Å². The van der Waals surface area contributed by atoms with E-state index in [4.69, 9.17) is 9.15 Å². The van der Waals surface area contributed by atoms with E-state index in [1.165, 1.54) is 6.08 Å². The van der Waals surface area contributed by atoms with Gasteiger partial charge in [-0.15, -0.1) is 0 Å². The average Bonchev–Trinajstić information content (AvgIpc) is 3.36. The summed E-state index contributed by atoms with van der Waals surface area (Å²) in [5, 5.41) is 37.6. The fourth-order valence-electron chi connectivity index (χ4n) is 7.95. The van der Waals surface area contributed by atoms with Gasteiger partial charge < -0.3 is 34.1 Å². The van der Waals surface area contributed by atoms with Gasteiger partial charge in [0.05, 0.1) is 37.1 Å². The van der Waals surface area contributed by atoms with E-state index in [-0.39, 0.29) is 22.3 Å². The lowest BCUT2D eigenvalue weighted by Crippen LogP contribution is -2.81. The van der Waals surface area contributed by atoms with Gasteiger partial charge in [0.2, 0.25) is 5.91 Å². The zero-order chi connectivity index (χ0) is 24.9. The van der Waals surface area contributed by atoms with Gasteiger partial charge >= 0.3 is 0 Å². The number of rotatable bonds is 5. The van der Waals surface area contributed by atoms with Gasteiger partial charge in [0.15, 0.2) is 11.5 Å². The van der Waals surface area contributed by atoms with Gasteiger partial charge in [-0.3, -0.25) is 4.79 Å². The Balaban J connectivity index is 1.30. The standard InChI is InChI=1S/C28H32N2O6/c1-29(23(32)7-4-18-9-13-35-16-18)20-8-10-28(33)22-14-19-5-6-21(31)25-24(19)27(28,26(20)36-25)11-12-30(22,34)15-17-2-3-17/h4-7,9,13,16-17,20,22,26,31,33H,2-3,8,10-12,14-15H2,1H3/b7-4+/t20-,22-,26?,27+,28-,30?/m0/s1. The number of nitrogens with zero attached hydrogens (tertiary/aromatic N) is 2. The van der Waals surface area contributed by atoms with Crippen LogP contribution in [-0.4, -0.2) is 69.6 Å². The molecule has 2 N–H and O–H groups in total. The van der Waals surface area contributed by atoms with Gasteiger partial charge in [-0.2, -0.15) is 0 Å². The van der Waals surface area contributed by atoms with Gasteiger partial charge in [-0.1, -0.05) is 6.07 Å². The molecular formula is C28H32N2O6. The van der Waals surface area contributed by atoms with Crippen molar-refractivity contribution < 1.29 is 28.8 Å². The first-order valence-electron chi connectivity index (χ1n) is 13.1. The third-order valence-electron chi connectivity index (χ3n) is 9.83. The second-order valence-corrected chi connectivity index (χ2v) is 11.6. The lowest BCUT2D eigenvalue weighted by molar-refractivity contribution is -0.924. The molecule has 0 radical (unpaired) electrons. The van der Waals surface area contributed by atoms with Gasteiger partial charge in [0, 0.05) is 43.0 Å². The van der Waals surface area contributed by atoms with Crippen LogP contribution in [0.2, 0.25) is 0 Å². The highest BCUT2D eigenvalue weighted by molar-refractivity contribution is 5.91. The number of likely N-dealkylation sites (tertiary alicyclic amines) is 1. The number of benzene rings is 1. The van der Waals surface area contributed by atoms with Crippen LogP contribution in [-0.2, 0) is 16.6 Å². The summed E-state index contributed by atoms with van der Waals surface area (Å²) in [7, 11) is 1.77. The second-order valence-electron chi connectivity index (χ2n) is 11.6. The van der Waals surface area contributed by atoms with E-state index in [1.807, 2.05) is 6.07 Å². The van der Waals surface area contributed by atoms with E-state index in [0.29, 0.717) is 50.4 Å². The Morgan fingerprint density at radius 2 is 2.11 bits per heavy atom. The number of amides is 1. The number of furan rings is 1. The molecule has 3 heterocycles. The van der Waals surface area contributed by atoms with Crippen molar-refractivity contribution in [2.45, 2.75) is 67.7 Å². The number of likely N-dealkylation sites (N-methyl/N-ethyl adjacent to an activating group) is 1. The first-order chi connectivity index (χ1) is 17.3. The summed E-state index contributed by atoms with van der Waals surface area (Å²) in [5.74, 6) is 0.758. The zero-order valence-corrected chi connectivity index (χ0v) is 20.4. The number of phenolic OH excluding ortho intramolecular Hbond substituents is 1.